The van der Waals surface area contributed by atoms with Crippen LogP contribution in [0.25, 0.3) is 0 Å². The summed E-state index contributed by atoms with van der Waals surface area (Å²) in [5.41, 5.74) is 0.481. The molecule has 3 rings (SSSR count). The maximum absolute atomic E-state index is 12.4. The minimum absolute atomic E-state index is 0.0244. The van der Waals surface area contributed by atoms with E-state index in [4.69, 9.17) is 16.1 Å². The number of piperidine rings is 1. The Bertz CT molecular complexity index is 693. The fourth-order valence-electron chi connectivity index (χ4n) is 2.63. The van der Waals surface area contributed by atoms with E-state index in [-0.39, 0.29) is 22.6 Å². The summed E-state index contributed by atoms with van der Waals surface area (Å²) in [6, 6.07) is 4.51. The number of hydrogen-bond donors (Lipinski definition) is 1. The van der Waals surface area contributed by atoms with Crippen molar-refractivity contribution in [3.8, 4) is 5.75 Å². The van der Waals surface area contributed by atoms with Crippen molar-refractivity contribution in [2.24, 2.45) is 0 Å². The molecule has 1 aliphatic rings. The molecule has 0 unspecified atom stereocenters. The molecule has 1 amide bonds. The summed E-state index contributed by atoms with van der Waals surface area (Å²) in [6.45, 7) is 3.05. The third kappa shape index (κ3) is 2.92. The lowest BCUT2D eigenvalue weighted by molar-refractivity contribution is 0.0704. The summed E-state index contributed by atoms with van der Waals surface area (Å²) < 4.78 is 5.20. The van der Waals surface area contributed by atoms with Gasteiger partial charge in [0.1, 0.15) is 5.75 Å². The fraction of sp³-hybridized carbons (Fsp3) is 0.400. The number of phenolic OH excluding ortho intramolecular Hbond substituents is 1. The Labute approximate surface area is 132 Å². The molecule has 0 radical (unpaired) electrons. The summed E-state index contributed by atoms with van der Waals surface area (Å²) in [5, 5.41) is 13.4. The quantitative estimate of drug-likeness (QED) is 0.920. The number of rotatable bonds is 2. The van der Waals surface area contributed by atoms with Crippen LogP contribution >= 0.6 is 11.6 Å². The first-order valence-corrected chi connectivity index (χ1v) is 7.50. The molecule has 1 aromatic heterocycles. The zero-order valence-electron chi connectivity index (χ0n) is 12.1. The number of nitrogens with zero attached hydrogens (tertiary/aromatic N) is 3. The number of phenols is 1. The predicted molar refractivity (Wildman–Crippen MR) is 80.0 cm³/mol. The molecule has 0 atom stereocenters. The second-order valence-electron chi connectivity index (χ2n) is 5.41. The van der Waals surface area contributed by atoms with Gasteiger partial charge >= 0.3 is 0 Å². The van der Waals surface area contributed by atoms with E-state index < -0.39 is 0 Å². The lowest BCUT2D eigenvalue weighted by Crippen LogP contribution is -2.38. The largest absolute Gasteiger partial charge is 0.506 e. The van der Waals surface area contributed by atoms with Gasteiger partial charge in [0.15, 0.2) is 5.82 Å². The molecule has 2 aromatic rings. The van der Waals surface area contributed by atoms with Crippen LogP contribution in [0.1, 0.15) is 40.8 Å². The molecular weight excluding hydrogens is 306 g/mol. The summed E-state index contributed by atoms with van der Waals surface area (Å²) >= 11 is 5.85. The van der Waals surface area contributed by atoms with Crippen LogP contribution < -0.4 is 0 Å². The first kappa shape index (κ1) is 14.8. The van der Waals surface area contributed by atoms with Crippen LogP contribution in [-0.2, 0) is 0 Å². The van der Waals surface area contributed by atoms with Crippen molar-refractivity contribution in [1.29, 1.82) is 0 Å². The van der Waals surface area contributed by atoms with Gasteiger partial charge in [0.05, 0.1) is 5.02 Å². The molecule has 1 fully saturated rings. The number of aromatic nitrogens is 2. The smallest absolute Gasteiger partial charge is 0.253 e. The Morgan fingerprint density at radius 2 is 2.14 bits per heavy atom. The molecule has 1 N–H and O–H groups in total. The minimum Gasteiger partial charge on any atom is -0.506 e. The molecule has 1 aromatic carbocycles. The third-order valence-electron chi connectivity index (χ3n) is 3.87. The zero-order valence-corrected chi connectivity index (χ0v) is 12.9. The van der Waals surface area contributed by atoms with Gasteiger partial charge in [-0.15, -0.1) is 0 Å². The zero-order chi connectivity index (χ0) is 15.7. The van der Waals surface area contributed by atoms with Crippen molar-refractivity contribution >= 4 is 17.5 Å². The standard InChI is InChI=1S/C15H16ClN3O3/c1-9-17-14(22-18-9)10-4-6-19(7-5-10)15(21)11-2-3-13(20)12(16)8-11/h2-3,8,10,20H,4-7H2,1H3. The summed E-state index contributed by atoms with van der Waals surface area (Å²) in [7, 11) is 0. The van der Waals surface area contributed by atoms with Crippen molar-refractivity contribution in [3.05, 3.63) is 40.5 Å². The van der Waals surface area contributed by atoms with E-state index in [1.165, 1.54) is 12.1 Å². The topological polar surface area (TPSA) is 79.5 Å². The molecule has 0 spiro atoms. The summed E-state index contributed by atoms with van der Waals surface area (Å²) in [6.07, 6.45) is 1.58. The van der Waals surface area contributed by atoms with E-state index in [1.54, 1.807) is 17.9 Å². The van der Waals surface area contributed by atoms with Crippen LogP contribution in [0.5, 0.6) is 5.75 Å². The molecule has 0 bridgehead atoms. The average Bonchev–Trinajstić information content (AvgIpc) is 2.96. The SMILES string of the molecule is Cc1noc(C2CCN(C(=O)c3ccc(O)c(Cl)c3)CC2)n1. The maximum Gasteiger partial charge on any atom is 0.253 e. The van der Waals surface area contributed by atoms with Crippen molar-refractivity contribution < 1.29 is 14.4 Å². The second-order valence-corrected chi connectivity index (χ2v) is 5.82. The van der Waals surface area contributed by atoms with Crippen molar-refractivity contribution in [3.63, 3.8) is 0 Å². The molecule has 1 aliphatic heterocycles. The normalized spacial score (nSPS) is 16.0. The van der Waals surface area contributed by atoms with Gasteiger partial charge in [-0.05, 0) is 38.0 Å². The number of likely N-dealkylation sites (tertiary alicyclic amines) is 1. The molecule has 1 saturated heterocycles. The number of aromatic hydroxyl groups is 1. The maximum atomic E-state index is 12.4. The Hall–Kier alpha value is -2.08. The van der Waals surface area contributed by atoms with Crippen LogP contribution in [0.3, 0.4) is 0 Å². The highest BCUT2D eigenvalue weighted by molar-refractivity contribution is 6.32. The first-order chi connectivity index (χ1) is 10.5. The van der Waals surface area contributed by atoms with Gasteiger partial charge in [0.25, 0.3) is 5.91 Å². The number of carbonyl (C=O) groups is 1. The van der Waals surface area contributed by atoms with Gasteiger partial charge in [-0.1, -0.05) is 16.8 Å². The van der Waals surface area contributed by atoms with E-state index in [9.17, 15) is 9.90 Å². The number of aryl methyl sites for hydroxylation is 1. The average molecular weight is 322 g/mol. The van der Waals surface area contributed by atoms with E-state index in [2.05, 4.69) is 10.1 Å². The Kier molecular flexibility index (Phi) is 4.02. The van der Waals surface area contributed by atoms with E-state index in [0.29, 0.717) is 30.4 Å². The first-order valence-electron chi connectivity index (χ1n) is 7.12. The van der Waals surface area contributed by atoms with Crippen molar-refractivity contribution in [1.82, 2.24) is 15.0 Å². The van der Waals surface area contributed by atoms with Crippen LogP contribution in [0.2, 0.25) is 5.02 Å². The molecule has 0 aliphatic carbocycles. The van der Waals surface area contributed by atoms with Crippen molar-refractivity contribution in [2.75, 3.05) is 13.1 Å². The number of amides is 1. The molecule has 22 heavy (non-hydrogen) atoms. The van der Waals surface area contributed by atoms with E-state index in [1.807, 2.05) is 0 Å². The van der Waals surface area contributed by atoms with Gasteiger partial charge in [-0.3, -0.25) is 4.79 Å². The lowest BCUT2D eigenvalue weighted by Gasteiger charge is -2.30. The molecule has 0 saturated carbocycles. The Morgan fingerprint density at radius 1 is 1.41 bits per heavy atom. The van der Waals surface area contributed by atoms with Crippen LogP contribution in [-0.4, -0.2) is 39.1 Å². The highest BCUT2D eigenvalue weighted by Crippen LogP contribution is 2.29. The molecule has 116 valence electrons. The van der Waals surface area contributed by atoms with E-state index >= 15 is 0 Å². The summed E-state index contributed by atoms with van der Waals surface area (Å²) in [4.78, 5) is 18.5. The third-order valence-corrected chi connectivity index (χ3v) is 4.17. The minimum atomic E-state index is -0.0814. The number of halogens is 1. The van der Waals surface area contributed by atoms with Gasteiger partial charge < -0.3 is 14.5 Å². The van der Waals surface area contributed by atoms with Crippen LogP contribution in [0, 0.1) is 6.92 Å². The highest BCUT2D eigenvalue weighted by Gasteiger charge is 2.27. The van der Waals surface area contributed by atoms with Crippen LogP contribution in [0.4, 0.5) is 0 Å². The Balaban J connectivity index is 1.65. The highest BCUT2D eigenvalue weighted by atomic mass is 35.5. The molecule has 6 nitrogen and oxygen atoms in total. The van der Waals surface area contributed by atoms with Gasteiger partial charge in [0, 0.05) is 24.6 Å². The Morgan fingerprint density at radius 3 is 2.73 bits per heavy atom. The fourth-order valence-corrected chi connectivity index (χ4v) is 2.81. The number of carbonyl (C=O) groups excluding carboxylic acids is 1. The number of benzene rings is 1. The van der Waals surface area contributed by atoms with Gasteiger partial charge in [-0.2, -0.15) is 4.98 Å². The number of hydrogen-bond acceptors (Lipinski definition) is 5. The summed E-state index contributed by atoms with van der Waals surface area (Å²) in [5.74, 6) is 1.38. The van der Waals surface area contributed by atoms with Gasteiger partial charge in [0.2, 0.25) is 5.89 Å². The lowest BCUT2D eigenvalue weighted by atomic mass is 9.96. The molecule has 7 heteroatoms. The monoisotopic (exact) mass is 321 g/mol. The molecular formula is C15H16ClN3O3. The molecule has 2 heterocycles. The second kappa shape index (κ2) is 5.96. The predicted octanol–water partition coefficient (Wildman–Crippen LogP) is 2.76. The van der Waals surface area contributed by atoms with Gasteiger partial charge in [-0.25, -0.2) is 0 Å². The van der Waals surface area contributed by atoms with Crippen molar-refractivity contribution in [2.45, 2.75) is 25.7 Å². The van der Waals surface area contributed by atoms with E-state index in [0.717, 1.165) is 12.8 Å². The van der Waals surface area contributed by atoms with Crippen LogP contribution in [0.15, 0.2) is 22.7 Å².